The molecule has 0 aromatic heterocycles. The first-order valence-electron chi connectivity index (χ1n) is 13.9. The van der Waals surface area contributed by atoms with Crippen LogP contribution in [0.25, 0.3) is 11.1 Å². The maximum atomic E-state index is 14.0. The summed E-state index contributed by atoms with van der Waals surface area (Å²) in [5.41, 5.74) is 1.60. The van der Waals surface area contributed by atoms with Crippen molar-refractivity contribution in [2.75, 3.05) is 13.1 Å². The lowest BCUT2D eigenvalue weighted by molar-refractivity contribution is -0.143. The zero-order valence-electron chi connectivity index (χ0n) is 23.4. The highest BCUT2D eigenvalue weighted by Crippen LogP contribution is 2.40. The van der Waals surface area contributed by atoms with Crippen molar-refractivity contribution in [2.45, 2.75) is 64.6 Å². The van der Waals surface area contributed by atoms with Crippen molar-refractivity contribution in [3.63, 3.8) is 0 Å². The summed E-state index contributed by atoms with van der Waals surface area (Å²) in [5, 5.41) is 10.3. The van der Waals surface area contributed by atoms with Crippen molar-refractivity contribution in [3.8, 4) is 11.1 Å². The van der Waals surface area contributed by atoms with Crippen LogP contribution in [-0.4, -0.2) is 29.1 Å². The normalized spacial score (nSPS) is 20.6. The van der Waals surface area contributed by atoms with Gasteiger partial charge in [0.25, 0.3) is 0 Å². The Morgan fingerprint density at radius 3 is 2.02 bits per heavy atom. The molecule has 0 saturated carbocycles. The van der Waals surface area contributed by atoms with Crippen molar-refractivity contribution >= 4 is 5.97 Å². The summed E-state index contributed by atoms with van der Waals surface area (Å²) in [5.74, 6) is -0.422. The summed E-state index contributed by atoms with van der Waals surface area (Å²) in [7, 11) is 0. The Labute approximate surface area is 233 Å². The summed E-state index contributed by atoms with van der Waals surface area (Å²) < 4.78 is 53.8. The average Bonchev–Trinajstić information content (AvgIpc) is 2.89. The van der Waals surface area contributed by atoms with Gasteiger partial charge in [0.1, 0.15) is 5.82 Å². The third-order valence-corrected chi connectivity index (χ3v) is 8.12. The Hall–Kier alpha value is -3.19. The van der Waals surface area contributed by atoms with Crippen molar-refractivity contribution in [2.24, 2.45) is 11.8 Å². The molecule has 4 atom stereocenters. The van der Waals surface area contributed by atoms with Gasteiger partial charge < -0.3 is 5.11 Å². The van der Waals surface area contributed by atoms with Gasteiger partial charge in [0.05, 0.1) is 17.0 Å². The minimum absolute atomic E-state index is 0.279. The van der Waals surface area contributed by atoms with Crippen LogP contribution in [-0.2, 0) is 16.4 Å². The van der Waals surface area contributed by atoms with Gasteiger partial charge >= 0.3 is 12.1 Å². The number of carboxylic acids is 1. The number of carbonyl (C=O) groups is 1. The molecule has 1 aliphatic rings. The molecular formula is C33H37F4NO2. The molecular weight excluding hydrogens is 518 g/mol. The molecule has 0 spiro atoms. The van der Waals surface area contributed by atoms with Gasteiger partial charge in [-0.05, 0) is 95.8 Å². The average molecular weight is 556 g/mol. The molecule has 4 rings (SSSR count). The predicted molar refractivity (Wildman–Crippen MR) is 150 cm³/mol. The molecule has 0 radical (unpaired) electrons. The minimum atomic E-state index is -4.45. The van der Waals surface area contributed by atoms with E-state index in [2.05, 4.69) is 18.7 Å². The lowest BCUT2D eigenvalue weighted by Crippen LogP contribution is -2.41. The van der Waals surface area contributed by atoms with Crippen molar-refractivity contribution < 1.29 is 27.5 Å². The molecule has 0 bridgehead atoms. The second kappa shape index (κ2) is 11.7. The summed E-state index contributed by atoms with van der Waals surface area (Å²) in [6.45, 7) is 9.68. The zero-order chi connectivity index (χ0) is 29.2. The van der Waals surface area contributed by atoms with Crippen molar-refractivity contribution in [1.82, 2.24) is 4.90 Å². The minimum Gasteiger partial charge on any atom is -0.481 e. The van der Waals surface area contributed by atoms with Crippen LogP contribution >= 0.6 is 0 Å². The maximum Gasteiger partial charge on any atom is 0.416 e. The largest absolute Gasteiger partial charge is 0.481 e. The number of piperidine rings is 1. The van der Waals surface area contributed by atoms with E-state index in [1.54, 1.807) is 25.1 Å². The van der Waals surface area contributed by atoms with Gasteiger partial charge in [-0.15, -0.1) is 0 Å². The van der Waals surface area contributed by atoms with Crippen LogP contribution in [0.4, 0.5) is 17.6 Å². The van der Waals surface area contributed by atoms with E-state index in [4.69, 9.17) is 0 Å². The zero-order valence-corrected chi connectivity index (χ0v) is 23.4. The number of halogens is 4. The molecule has 7 heteroatoms. The molecule has 1 aliphatic heterocycles. The first-order chi connectivity index (χ1) is 18.8. The van der Waals surface area contributed by atoms with Gasteiger partial charge in [0.15, 0.2) is 0 Å². The molecule has 1 fully saturated rings. The van der Waals surface area contributed by atoms with E-state index < -0.39 is 23.1 Å². The molecule has 1 saturated heterocycles. The number of nitrogens with zero attached hydrogens (tertiary/aromatic N) is 1. The van der Waals surface area contributed by atoms with Crippen molar-refractivity contribution in [3.05, 3.63) is 94.8 Å². The molecule has 0 amide bonds. The molecule has 3 aromatic rings. The molecule has 0 aliphatic carbocycles. The van der Waals surface area contributed by atoms with Crippen LogP contribution < -0.4 is 0 Å². The topological polar surface area (TPSA) is 40.5 Å². The number of hydrogen-bond acceptors (Lipinski definition) is 2. The SMILES string of the molecule is CCCC(C)(C(=O)O)c1cc(-c2ccc(C(F)(F)F)cc2)cc(C(c2ccc(F)cc2)N2CC(C)CC(C)C2)c1. The van der Waals surface area contributed by atoms with Crippen LogP contribution in [0.2, 0.25) is 0 Å². The number of aliphatic carboxylic acids is 1. The fourth-order valence-electron chi connectivity index (χ4n) is 6.20. The summed E-state index contributed by atoms with van der Waals surface area (Å²) in [6.07, 6.45) is -2.32. The highest BCUT2D eigenvalue weighted by molar-refractivity contribution is 5.82. The quantitative estimate of drug-likeness (QED) is 0.283. The molecule has 1 N–H and O–H groups in total. The lowest BCUT2D eigenvalue weighted by Gasteiger charge is -2.41. The van der Waals surface area contributed by atoms with Gasteiger partial charge in [0.2, 0.25) is 0 Å². The summed E-state index contributed by atoms with van der Waals surface area (Å²) >= 11 is 0. The Bertz CT molecular complexity index is 1310. The Balaban J connectivity index is 1.94. The van der Waals surface area contributed by atoms with Crippen LogP contribution in [0.3, 0.4) is 0 Å². The van der Waals surface area contributed by atoms with Crippen LogP contribution in [0.1, 0.15) is 75.3 Å². The van der Waals surface area contributed by atoms with E-state index >= 15 is 0 Å². The first-order valence-corrected chi connectivity index (χ1v) is 13.9. The van der Waals surface area contributed by atoms with E-state index in [0.29, 0.717) is 41.4 Å². The molecule has 3 nitrogen and oxygen atoms in total. The molecule has 3 aromatic carbocycles. The highest BCUT2D eigenvalue weighted by Gasteiger charge is 2.37. The van der Waals surface area contributed by atoms with Gasteiger partial charge in [-0.1, -0.05) is 57.5 Å². The Kier molecular flexibility index (Phi) is 8.74. The molecule has 1 heterocycles. The van der Waals surface area contributed by atoms with E-state index in [1.807, 2.05) is 19.1 Å². The number of alkyl halides is 3. The summed E-state index contributed by atoms with van der Waals surface area (Å²) in [4.78, 5) is 15.0. The predicted octanol–water partition coefficient (Wildman–Crippen LogP) is 8.72. The lowest BCUT2D eigenvalue weighted by atomic mass is 9.76. The van der Waals surface area contributed by atoms with Crippen molar-refractivity contribution in [1.29, 1.82) is 0 Å². The first kappa shape index (κ1) is 29.8. The van der Waals surface area contributed by atoms with Gasteiger partial charge in [-0.3, -0.25) is 9.69 Å². The fraction of sp³-hybridized carbons (Fsp3) is 0.424. The van der Waals surface area contributed by atoms with E-state index in [9.17, 15) is 27.5 Å². The number of likely N-dealkylation sites (tertiary alicyclic amines) is 1. The molecule has 4 unspecified atom stereocenters. The van der Waals surface area contributed by atoms with Gasteiger partial charge in [-0.2, -0.15) is 13.2 Å². The van der Waals surface area contributed by atoms with E-state index in [-0.39, 0.29) is 11.9 Å². The monoisotopic (exact) mass is 555 g/mol. The second-order valence-corrected chi connectivity index (χ2v) is 11.7. The van der Waals surface area contributed by atoms with E-state index in [0.717, 1.165) is 42.8 Å². The van der Waals surface area contributed by atoms with Gasteiger partial charge in [0, 0.05) is 13.1 Å². The third kappa shape index (κ3) is 6.41. The number of hydrogen-bond donors (Lipinski definition) is 1. The molecule has 214 valence electrons. The van der Waals surface area contributed by atoms with Crippen LogP contribution in [0.15, 0.2) is 66.7 Å². The van der Waals surface area contributed by atoms with E-state index in [1.165, 1.54) is 24.3 Å². The van der Waals surface area contributed by atoms with Gasteiger partial charge in [-0.25, -0.2) is 4.39 Å². The molecule has 40 heavy (non-hydrogen) atoms. The number of carboxylic acid groups (broad SMARTS) is 1. The summed E-state index contributed by atoms with van der Waals surface area (Å²) in [6, 6.07) is 16.7. The Morgan fingerprint density at radius 1 is 0.900 bits per heavy atom. The highest BCUT2D eigenvalue weighted by atomic mass is 19.4. The Morgan fingerprint density at radius 2 is 1.50 bits per heavy atom. The number of benzene rings is 3. The maximum absolute atomic E-state index is 14.0. The third-order valence-electron chi connectivity index (χ3n) is 8.12. The smallest absolute Gasteiger partial charge is 0.416 e. The fourth-order valence-corrected chi connectivity index (χ4v) is 6.20. The van der Waals surface area contributed by atoms with Crippen LogP contribution in [0, 0.1) is 17.7 Å². The van der Waals surface area contributed by atoms with Crippen LogP contribution in [0.5, 0.6) is 0 Å². The second-order valence-electron chi connectivity index (χ2n) is 11.7. The number of rotatable bonds is 8. The standard InChI is InChI=1S/C33H37F4NO2/c1-5-14-32(4,31(39)40)28-17-25(23-6-10-27(11-7-23)33(35,36)37)16-26(18-28)30(24-8-12-29(34)13-9-24)38-19-21(2)15-22(3)20-38/h6-13,16-18,21-22,30H,5,14-15,19-20H2,1-4H3,(H,39,40).